The Morgan fingerprint density at radius 1 is 1.38 bits per heavy atom. The van der Waals surface area contributed by atoms with Crippen molar-refractivity contribution in [2.75, 3.05) is 12.0 Å². The van der Waals surface area contributed by atoms with Crippen molar-refractivity contribution in [3.05, 3.63) is 35.4 Å². The van der Waals surface area contributed by atoms with Gasteiger partial charge in [0.15, 0.2) is 0 Å². The average Bonchev–Trinajstić information content (AvgIpc) is 2.15. The predicted molar refractivity (Wildman–Crippen MR) is 65.9 cm³/mol. The number of halogens is 1. The molecule has 0 aliphatic rings. The van der Waals surface area contributed by atoms with Crippen LogP contribution in [0.1, 0.15) is 22.9 Å². The molecular formula is C11H15BrS. The molecule has 0 aromatic heterocycles. The second-order valence-electron chi connectivity index (χ2n) is 3.06. The van der Waals surface area contributed by atoms with Crippen LogP contribution in [0.3, 0.4) is 0 Å². The third-order valence-corrected chi connectivity index (χ3v) is 3.16. The predicted octanol–water partition coefficient (Wildman–Crippen LogP) is 4.05. The third kappa shape index (κ3) is 3.35. The van der Waals surface area contributed by atoms with E-state index in [2.05, 4.69) is 53.4 Å². The lowest BCUT2D eigenvalue weighted by atomic mass is 10.0. The van der Waals surface area contributed by atoms with Crippen molar-refractivity contribution in [3.63, 3.8) is 0 Å². The molecule has 1 rings (SSSR count). The monoisotopic (exact) mass is 258 g/mol. The lowest BCUT2D eigenvalue weighted by Crippen LogP contribution is -1.95. The summed E-state index contributed by atoms with van der Waals surface area (Å²) in [4.78, 5) is 0.463. The maximum absolute atomic E-state index is 3.62. The number of benzene rings is 1. The summed E-state index contributed by atoms with van der Waals surface area (Å²) in [5, 5.41) is 0. The second-order valence-corrected chi connectivity index (χ2v) is 5.42. The smallest absolute Gasteiger partial charge is 0.0369 e. The minimum absolute atomic E-state index is 0.463. The lowest BCUT2D eigenvalue weighted by Gasteiger charge is -2.10. The number of hydrogen-bond acceptors (Lipinski definition) is 1. The van der Waals surface area contributed by atoms with E-state index in [1.807, 2.05) is 11.8 Å². The number of aryl methyl sites for hydroxylation is 1. The molecular weight excluding hydrogens is 244 g/mol. The van der Waals surface area contributed by atoms with E-state index in [0.29, 0.717) is 4.83 Å². The number of thioether (sulfide) groups is 1. The number of alkyl halides is 1. The maximum Gasteiger partial charge on any atom is 0.0369 e. The van der Waals surface area contributed by atoms with Gasteiger partial charge in [-0.15, -0.1) is 0 Å². The van der Waals surface area contributed by atoms with Crippen LogP contribution in [0.25, 0.3) is 0 Å². The fraction of sp³-hybridized carbons (Fsp3) is 0.455. The van der Waals surface area contributed by atoms with Crippen molar-refractivity contribution in [2.24, 2.45) is 0 Å². The molecule has 1 aromatic rings. The Kier molecular flexibility index (Phi) is 4.89. The Labute approximate surface area is 93.2 Å². The Morgan fingerprint density at radius 2 is 2.08 bits per heavy atom. The van der Waals surface area contributed by atoms with Gasteiger partial charge in [0, 0.05) is 4.83 Å². The zero-order valence-corrected chi connectivity index (χ0v) is 10.5. The minimum atomic E-state index is 0.463. The molecule has 0 saturated heterocycles. The van der Waals surface area contributed by atoms with Crippen LogP contribution in [0, 0.1) is 0 Å². The molecule has 0 amide bonds. The van der Waals surface area contributed by atoms with Gasteiger partial charge in [-0.1, -0.05) is 40.2 Å². The number of hydrogen-bond donors (Lipinski definition) is 0. The fourth-order valence-electron chi connectivity index (χ4n) is 1.36. The summed E-state index contributed by atoms with van der Waals surface area (Å²) in [6.07, 6.45) is 3.33. The molecule has 2 heteroatoms. The van der Waals surface area contributed by atoms with E-state index in [0.717, 1.165) is 0 Å². The van der Waals surface area contributed by atoms with Crippen LogP contribution in [0.15, 0.2) is 24.3 Å². The summed E-state index contributed by atoms with van der Waals surface area (Å²) < 4.78 is 0. The van der Waals surface area contributed by atoms with E-state index in [1.165, 1.54) is 23.3 Å². The third-order valence-electron chi connectivity index (χ3n) is 2.06. The zero-order valence-electron chi connectivity index (χ0n) is 8.09. The molecule has 0 spiro atoms. The molecule has 1 atom stereocenters. The Balaban J connectivity index is 2.78. The normalized spacial score (nSPS) is 12.8. The summed E-state index contributed by atoms with van der Waals surface area (Å²) in [5.74, 6) is 1.21. The molecule has 0 bridgehead atoms. The topological polar surface area (TPSA) is 0 Å². The van der Waals surface area contributed by atoms with Gasteiger partial charge >= 0.3 is 0 Å². The first-order chi connectivity index (χ1) is 6.25. The summed E-state index contributed by atoms with van der Waals surface area (Å²) in [7, 11) is 0. The summed E-state index contributed by atoms with van der Waals surface area (Å²) >= 11 is 5.52. The molecule has 0 aliphatic carbocycles. The van der Waals surface area contributed by atoms with Crippen LogP contribution in [-0.2, 0) is 6.42 Å². The van der Waals surface area contributed by atoms with E-state index in [4.69, 9.17) is 0 Å². The first kappa shape index (κ1) is 11.1. The highest BCUT2D eigenvalue weighted by Crippen LogP contribution is 2.25. The van der Waals surface area contributed by atoms with E-state index in [-0.39, 0.29) is 0 Å². The van der Waals surface area contributed by atoms with Crippen molar-refractivity contribution in [1.29, 1.82) is 0 Å². The minimum Gasteiger partial charge on any atom is -0.165 e. The molecule has 0 heterocycles. The van der Waals surface area contributed by atoms with E-state index in [9.17, 15) is 0 Å². The zero-order chi connectivity index (χ0) is 9.68. The van der Waals surface area contributed by atoms with Gasteiger partial charge in [0.1, 0.15) is 0 Å². The summed E-state index contributed by atoms with van der Waals surface area (Å²) in [5.41, 5.74) is 2.90. The van der Waals surface area contributed by atoms with Crippen LogP contribution in [0.5, 0.6) is 0 Å². The van der Waals surface area contributed by atoms with Gasteiger partial charge in [-0.05, 0) is 36.5 Å². The van der Waals surface area contributed by atoms with Gasteiger partial charge in [-0.3, -0.25) is 0 Å². The van der Waals surface area contributed by atoms with Crippen LogP contribution in [0.2, 0.25) is 0 Å². The first-order valence-electron chi connectivity index (χ1n) is 4.46. The second kappa shape index (κ2) is 5.71. The average molecular weight is 259 g/mol. The van der Waals surface area contributed by atoms with Crippen LogP contribution in [0.4, 0.5) is 0 Å². The fourth-order valence-corrected chi connectivity index (χ4v) is 2.23. The summed E-state index contributed by atoms with van der Waals surface area (Å²) in [6, 6.07) is 8.66. The highest BCUT2D eigenvalue weighted by atomic mass is 79.9. The molecule has 1 unspecified atom stereocenters. The SMILES string of the molecule is CSCCc1ccccc1C(C)Br. The van der Waals surface area contributed by atoms with Crippen molar-refractivity contribution >= 4 is 27.7 Å². The molecule has 0 fully saturated rings. The van der Waals surface area contributed by atoms with Gasteiger partial charge in [0.25, 0.3) is 0 Å². The van der Waals surface area contributed by atoms with E-state index in [1.54, 1.807) is 0 Å². The van der Waals surface area contributed by atoms with Gasteiger partial charge in [0.05, 0.1) is 0 Å². The lowest BCUT2D eigenvalue weighted by molar-refractivity contribution is 1.04. The summed E-state index contributed by atoms with van der Waals surface area (Å²) in [6.45, 7) is 2.18. The molecule has 0 saturated carbocycles. The largest absolute Gasteiger partial charge is 0.165 e. The molecule has 1 aromatic carbocycles. The standard InChI is InChI=1S/C11H15BrS/c1-9(12)11-6-4-3-5-10(11)7-8-13-2/h3-6,9H,7-8H2,1-2H3. The Hall–Kier alpha value is 0.0500. The van der Waals surface area contributed by atoms with Gasteiger partial charge in [-0.25, -0.2) is 0 Å². The Morgan fingerprint density at radius 3 is 2.69 bits per heavy atom. The first-order valence-corrected chi connectivity index (χ1v) is 6.77. The van der Waals surface area contributed by atoms with Gasteiger partial charge < -0.3 is 0 Å². The highest BCUT2D eigenvalue weighted by Gasteiger charge is 2.05. The maximum atomic E-state index is 3.62. The number of rotatable bonds is 4. The van der Waals surface area contributed by atoms with Crippen LogP contribution >= 0.6 is 27.7 Å². The van der Waals surface area contributed by atoms with Crippen molar-refractivity contribution < 1.29 is 0 Å². The quantitative estimate of drug-likeness (QED) is 0.735. The van der Waals surface area contributed by atoms with Crippen LogP contribution in [-0.4, -0.2) is 12.0 Å². The van der Waals surface area contributed by atoms with E-state index < -0.39 is 0 Å². The van der Waals surface area contributed by atoms with Crippen LogP contribution < -0.4 is 0 Å². The molecule has 13 heavy (non-hydrogen) atoms. The van der Waals surface area contributed by atoms with Gasteiger partial charge in [-0.2, -0.15) is 11.8 Å². The molecule has 0 nitrogen and oxygen atoms in total. The molecule has 0 N–H and O–H groups in total. The molecule has 72 valence electrons. The van der Waals surface area contributed by atoms with Gasteiger partial charge in [0.2, 0.25) is 0 Å². The van der Waals surface area contributed by atoms with Crippen molar-refractivity contribution in [3.8, 4) is 0 Å². The molecule has 0 radical (unpaired) electrons. The van der Waals surface area contributed by atoms with Crippen molar-refractivity contribution in [1.82, 2.24) is 0 Å². The van der Waals surface area contributed by atoms with E-state index >= 15 is 0 Å². The molecule has 0 aliphatic heterocycles. The highest BCUT2D eigenvalue weighted by molar-refractivity contribution is 9.09. The Bertz CT molecular complexity index is 258. The van der Waals surface area contributed by atoms with Crippen molar-refractivity contribution in [2.45, 2.75) is 18.2 Å².